The van der Waals surface area contributed by atoms with Gasteiger partial charge in [0, 0.05) is 22.2 Å². The van der Waals surface area contributed by atoms with Crippen LogP contribution in [0, 0.1) is 6.92 Å². The Balaban J connectivity index is 0.00000117. The molecule has 1 amide bonds. The van der Waals surface area contributed by atoms with Crippen LogP contribution in [-0.4, -0.2) is 18.0 Å². The third-order valence-electron chi connectivity index (χ3n) is 3.47. The number of ether oxygens (including phenoxy) is 1. The van der Waals surface area contributed by atoms with Crippen LogP contribution in [0.4, 0.5) is 5.69 Å². The molecule has 2 aromatic carbocycles. The number of rotatable bonds is 4. The van der Waals surface area contributed by atoms with Crippen LogP contribution in [0.5, 0.6) is 5.75 Å². The minimum atomic E-state index is -0.203. The highest BCUT2D eigenvalue weighted by Crippen LogP contribution is 2.31. The summed E-state index contributed by atoms with van der Waals surface area (Å²) in [6, 6.07) is 12.3. The van der Waals surface area contributed by atoms with E-state index in [4.69, 9.17) is 16.3 Å². The normalized spacial score (nSPS) is 9.88. The predicted molar refractivity (Wildman–Crippen MR) is 110 cm³/mol. The molecule has 0 atom stereocenters. The first-order valence-corrected chi connectivity index (χ1v) is 9.50. The van der Waals surface area contributed by atoms with Gasteiger partial charge in [-0.15, -0.1) is 11.3 Å². The second kappa shape index (κ2) is 9.36. The molecule has 0 saturated heterocycles. The molecule has 26 heavy (non-hydrogen) atoms. The van der Waals surface area contributed by atoms with E-state index in [-0.39, 0.29) is 5.91 Å². The lowest BCUT2D eigenvalue weighted by molar-refractivity contribution is 0.102. The molecule has 1 aromatic heterocycles. The lowest BCUT2D eigenvalue weighted by atomic mass is 10.1. The molecule has 0 fully saturated rings. The number of carbonyl (C=O) groups is 1. The number of hydrogen-bond donors (Lipinski definition) is 1. The fourth-order valence-corrected chi connectivity index (χ4v) is 3.12. The van der Waals surface area contributed by atoms with Gasteiger partial charge in [0.1, 0.15) is 5.75 Å². The van der Waals surface area contributed by atoms with Crippen molar-refractivity contribution in [3.8, 4) is 17.0 Å². The molecule has 0 spiro atoms. The first-order valence-electron chi connectivity index (χ1n) is 8.24. The Labute approximate surface area is 162 Å². The van der Waals surface area contributed by atoms with Crippen molar-refractivity contribution in [3.05, 3.63) is 63.4 Å². The minimum Gasteiger partial charge on any atom is -0.497 e. The second-order valence-electron chi connectivity index (χ2n) is 5.13. The van der Waals surface area contributed by atoms with Crippen LogP contribution in [-0.2, 0) is 0 Å². The maximum Gasteiger partial charge on any atom is 0.255 e. The molecule has 3 rings (SSSR count). The van der Waals surface area contributed by atoms with Crippen molar-refractivity contribution in [1.29, 1.82) is 0 Å². The lowest BCUT2D eigenvalue weighted by Gasteiger charge is -2.08. The van der Waals surface area contributed by atoms with E-state index in [0.29, 0.717) is 22.0 Å². The molecule has 0 aliphatic rings. The molecule has 3 aromatic rings. The van der Waals surface area contributed by atoms with Crippen LogP contribution in [0.25, 0.3) is 11.3 Å². The van der Waals surface area contributed by atoms with Crippen molar-refractivity contribution in [3.63, 3.8) is 0 Å². The summed E-state index contributed by atoms with van der Waals surface area (Å²) >= 11 is 7.91. The molecule has 0 bridgehead atoms. The van der Waals surface area contributed by atoms with Crippen molar-refractivity contribution in [2.75, 3.05) is 12.4 Å². The molecule has 0 saturated carbocycles. The monoisotopic (exact) mass is 388 g/mol. The molecule has 6 heteroatoms. The van der Waals surface area contributed by atoms with Gasteiger partial charge in [-0.1, -0.05) is 25.4 Å². The van der Waals surface area contributed by atoms with Crippen LogP contribution in [0.15, 0.2) is 47.8 Å². The Morgan fingerprint density at radius 3 is 2.38 bits per heavy atom. The minimum absolute atomic E-state index is 0.203. The molecule has 0 aliphatic heterocycles. The summed E-state index contributed by atoms with van der Waals surface area (Å²) in [4.78, 5) is 16.7. The van der Waals surface area contributed by atoms with Gasteiger partial charge in [-0.3, -0.25) is 4.79 Å². The smallest absolute Gasteiger partial charge is 0.255 e. The average molecular weight is 389 g/mol. The first-order chi connectivity index (χ1) is 12.6. The largest absolute Gasteiger partial charge is 0.497 e. The number of nitrogens with one attached hydrogen (secondary N) is 1. The van der Waals surface area contributed by atoms with Crippen LogP contribution in [0.1, 0.15) is 29.2 Å². The number of aryl methyl sites for hydroxylation is 1. The van der Waals surface area contributed by atoms with E-state index in [1.807, 2.05) is 38.3 Å². The van der Waals surface area contributed by atoms with E-state index in [1.165, 1.54) is 0 Å². The summed E-state index contributed by atoms with van der Waals surface area (Å²) in [5.74, 6) is 0.503. The molecule has 4 nitrogen and oxygen atoms in total. The van der Waals surface area contributed by atoms with Gasteiger partial charge in [0.05, 0.1) is 22.8 Å². The molecular weight excluding hydrogens is 368 g/mol. The quantitative estimate of drug-likeness (QED) is 0.591. The number of nitrogens with zero attached hydrogens (tertiary/aromatic N) is 1. The SMILES string of the molecule is CC.COc1ccc(C(=O)Nc2ccc(-c3csc(C)n3)c(Cl)c2)cc1. The third kappa shape index (κ3) is 4.84. The van der Waals surface area contributed by atoms with Gasteiger partial charge in [0.15, 0.2) is 0 Å². The van der Waals surface area contributed by atoms with E-state index in [9.17, 15) is 4.79 Å². The van der Waals surface area contributed by atoms with E-state index >= 15 is 0 Å². The van der Waals surface area contributed by atoms with Crippen LogP contribution < -0.4 is 10.1 Å². The summed E-state index contributed by atoms with van der Waals surface area (Å²) < 4.78 is 5.09. The standard InChI is InChI=1S/C18H15ClN2O2S.C2H6/c1-11-20-17(10-24-11)15-8-5-13(9-16(15)19)21-18(22)12-3-6-14(23-2)7-4-12;1-2/h3-10H,1-2H3,(H,21,22);1-2H3. The number of anilines is 1. The second-order valence-corrected chi connectivity index (χ2v) is 6.60. The number of thiazole rings is 1. The van der Waals surface area contributed by atoms with E-state index in [1.54, 1.807) is 48.8 Å². The van der Waals surface area contributed by atoms with Gasteiger partial charge in [0.25, 0.3) is 5.91 Å². The molecule has 0 unspecified atom stereocenters. The maximum absolute atomic E-state index is 12.3. The van der Waals surface area contributed by atoms with Gasteiger partial charge >= 0.3 is 0 Å². The number of amides is 1. The Kier molecular flexibility index (Phi) is 7.18. The summed E-state index contributed by atoms with van der Waals surface area (Å²) in [7, 11) is 1.59. The molecule has 1 heterocycles. The van der Waals surface area contributed by atoms with Gasteiger partial charge < -0.3 is 10.1 Å². The summed E-state index contributed by atoms with van der Waals surface area (Å²) in [5.41, 5.74) is 2.88. The number of carbonyl (C=O) groups excluding carboxylic acids is 1. The predicted octanol–water partition coefficient (Wildman–Crippen LogP) is 6.06. The van der Waals surface area contributed by atoms with E-state index in [0.717, 1.165) is 16.3 Å². The number of methoxy groups -OCH3 is 1. The summed E-state index contributed by atoms with van der Waals surface area (Å²) in [6.45, 7) is 5.95. The number of benzene rings is 2. The average Bonchev–Trinajstić information content (AvgIpc) is 3.09. The molecule has 1 N–H and O–H groups in total. The third-order valence-corrected chi connectivity index (χ3v) is 4.56. The topological polar surface area (TPSA) is 51.2 Å². The Bertz CT molecular complexity index is 876. The van der Waals surface area contributed by atoms with Gasteiger partial charge in [-0.05, 0) is 49.4 Å². The number of hydrogen-bond acceptors (Lipinski definition) is 4. The van der Waals surface area contributed by atoms with Crippen molar-refractivity contribution in [2.45, 2.75) is 20.8 Å². The number of halogens is 1. The summed E-state index contributed by atoms with van der Waals surface area (Å²) in [6.07, 6.45) is 0. The van der Waals surface area contributed by atoms with Gasteiger partial charge in [-0.2, -0.15) is 0 Å². The van der Waals surface area contributed by atoms with Crippen molar-refractivity contribution in [1.82, 2.24) is 4.98 Å². The Hall–Kier alpha value is -2.37. The molecule has 0 radical (unpaired) electrons. The van der Waals surface area contributed by atoms with Crippen LogP contribution >= 0.6 is 22.9 Å². The van der Waals surface area contributed by atoms with Crippen molar-refractivity contribution >= 4 is 34.5 Å². The van der Waals surface area contributed by atoms with Crippen LogP contribution in [0.2, 0.25) is 5.02 Å². The Morgan fingerprint density at radius 1 is 1.15 bits per heavy atom. The maximum atomic E-state index is 12.3. The highest BCUT2D eigenvalue weighted by molar-refractivity contribution is 7.09. The highest BCUT2D eigenvalue weighted by atomic mass is 35.5. The zero-order valence-electron chi connectivity index (χ0n) is 15.2. The molecular formula is C20H21ClN2O2S. The van der Waals surface area contributed by atoms with Crippen molar-refractivity contribution in [2.24, 2.45) is 0 Å². The highest BCUT2D eigenvalue weighted by Gasteiger charge is 2.10. The lowest BCUT2D eigenvalue weighted by Crippen LogP contribution is -2.11. The zero-order valence-corrected chi connectivity index (χ0v) is 16.7. The summed E-state index contributed by atoms with van der Waals surface area (Å²) in [5, 5.41) is 6.34. The van der Waals surface area contributed by atoms with Gasteiger partial charge in [0.2, 0.25) is 0 Å². The fraction of sp³-hybridized carbons (Fsp3) is 0.200. The van der Waals surface area contributed by atoms with Crippen LogP contribution in [0.3, 0.4) is 0 Å². The molecule has 136 valence electrons. The first kappa shape index (κ1) is 19.9. The fourth-order valence-electron chi connectivity index (χ4n) is 2.23. The van der Waals surface area contributed by atoms with Crippen molar-refractivity contribution < 1.29 is 9.53 Å². The van der Waals surface area contributed by atoms with E-state index < -0.39 is 0 Å². The van der Waals surface area contributed by atoms with E-state index in [2.05, 4.69) is 10.3 Å². The van der Waals surface area contributed by atoms with Gasteiger partial charge in [-0.25, -0.2) is 4.98 Å². The number of aromatic nitrogens is 1. The zero-order chi connectivity index (χ0) is 19.1. The Morgan fingerprint density at radius 2 is 1.85 bits per heavy atom. The molecule has 0 aliphatic carbocycles.